The SMILES string of the molecule is Cn1c(C2(C(=O)NCc3cc(C(F)(F)F)cc(C(F)(F)F)c3)CCC(N3CCC(c4ccc(F)cc4)CC3)C2)noc1=O. The number of carbonyl (C=O) groups is 1. The number of benzene rings is 2. The van der Waals surface area contributed by atoms with Gasteiger partial charge in [-0.25, -0.2) is 9.18 Å². The highest BCUT2D eigenvalue weighted by Crippen LogP contribution is 2.44. The monoisotopic (exact) mass is 614 g/mol. The van der Waals surface area contributed by atoms with Gasteiger partial charge in [0, 0.05) is 19.6 Å². The summed E-state index contributed by atoms with van der Waals surface area (Å²) < 4.78 is 99.3. The molecule has 1 aliphatic heterocycles. The molecule has 2 fully saturated rings. The van der Waals surface area contributed by atoms with Crippen LogP contribution in [0.25, 0.3) is 0 Å². The van der Waals surface area contributed by atoms with Crippen molar-refractivity contribution < 1.29 is 40.1 Å². The first-order valence-corrected chi connectivity index (χ1v) is 13.8. The van der Waals surface area contributed by atoms with Gasteiger partial charge in [0.25, 0.3) is 0 Å². The average Bonchev–Trinajstić information content (AvgIpc) is 3.55. The molecule has 1 saturated carbocycles. The van der Waals surface area contributed by atoms with Crippen LogP contribution in [0.15, 0.2) is 51.8 Å². The van der Waals surface area contributed by atoms with Gasteiger partial charge in [-0.15, -0.1) is 0 Å². The molecule has 0 spiro atoms. The Morgan fingerprint density at radius 2 is 1.60 bits per heavy atom. The molecular formula is C29H29F7N4O3. The molecule has 2 unspecified atom stereocenters. The lowest BCUT2D eigenvalue weighted by atomic mass is 9.83. The molecule has 1 aliphatic carbocycles. The second-order valence-corrected chi connectivity index (χ2v) is 11.3. The molecular weight excluding hydrogens is 585 g/mol. The summed E-state index contributed by atoms with van der Waals surface area (Å²) in [6.45, 7) is 0.798. The van der Waals surface area contributed by atoms with Gasteiger partial charge >= 0.3 is 18.1 Å². The fourth-order valence-corrected chi connectivity index (χ4v) is 6.35. The third kappa shape index (κ3) is 6.34. The van der Waals surface area contributed by atoms with Gasteiger partial charge in [0.05, 0.1) is 11.1 Å². The van der Waals surface area contributed by atoms with E-state index in [1.807, 2.05) is 0 Å². The van der Waals surface area contributed by atoms with E-state index in [4.69, 9.17) is 4.52 Å². The van der Waals surface area contributed by atoms with Crippen LogP contribution in [0.2, 0.25) is 0 Å². The Hall–Kier alpha value is -3.68. The molecule has 1 saturated heterocycles. The number of rotatable bonds is 6. The highest BCUT2D eigenvalue weighted by Gasteiger charge is 2.52. The maximum atomic E-state index is 13.8. The standard InChI is InChI=1S/C29H29F7N4O3/c1-39-24(38-43-26(39)42)27(25(41)37-16-17-12-20(28(31,32)33)14-21(13-17)29(34,35)36)9-6-23(15-27)40-10-7-19(8-11-40)18-2-4-22(30)5-3-18/h2-5,12-14,19,23H,6-11,15-16H2,1H3,(H,37,41). The first-order chi connectivity index (χ1) is 20.2. The number of alkyl halides is 6. The third-order valence-electron chi connectivity index (χ3n) is 8.64. The highest BCUT2D eigenvalue weighted by atomic mass is 19.4. The Kier molecular flexibility index (Phi) is 8.18. The maximum absolute atomic E-state index is 13.8. The zero-order valence-electron chi connectivity index (χ0n) is 23.1. The summed E-state index contributed by atoms with van der Waals surface area (Å²) in [4.78, 5) is 28.1. The van der Waals surface area contributed by atoms with E-state index in [-0.39, 0.29) is 48.1 Å². The average molecular weight is 615 g/mol. The smallest absolute Gasteiger partial charge is 0.351 e. The van der Waals surface area contributed by atoms with Crippen molar-refractivity contribution in [1.29, 1.82) is 0 Å². The number of hydrogen-bond donors (Lipinski definition) is 1. The van der Waals surface area contributed by atoms with E-state index >= 15 is 0 Å². The lowest BCUT2D eigenvalue weighted by molar-refractivity contribution is -0.143. The number of carbonyl (C=O) groups excluding carboxylic acids is 1. The second kappa shape index (κ2) is 11.4. The van der Waals surface area contributed by atoms with Crippen LogP contribution in [0.3, 0.4) is 0 Å². The molecule has 2 atom stereocenters. The molecule has 14 heteroatoms. The Morgan fingerprint density at radius 3 is 2.14 bits per heavy atom. The van der Waals surface area contributed by atoms with Gasteiger partial charge in [-0.05, 0) is 92.6 Å². The summed E-state index contributed by atoms with van der Waals surface area (Å²) in [5, 5.41) is 6.36. The van der Waals surface area contributed by atoms with Gasteiger partial charge < -0.3 is 10.2 Å². The minimum Gasteiger partial charge on any atom is -0.351 e. The van der Waals surface area contributed by atoms with E-state index in [0.29, 0.717) is 31.6 Å². The quantitative estimate of drug-likeness (QED) is 0.369. The van der Waals surface area contributed by atoms with Crippen LogP contribution in [0.1, 0.15) is 66.1 Å². The normalized spacial score (nSPS) is 22.2. The summed E-state index contributed by atoms with van der Waals surface area (Å²) in [6, 6.07) is 7.46. The molecule has 1 aromatic heterocycles. The Labute approximate surface area is 241 Å². The summed E-state index contributed by atoms with van der Waals surface area (Å²) in [5.41, 5.74) is -3.69. The molecule has 7 nitrogen and oxygen atoms in total. The predicted octanol–water partition coefficient (Wildman–Crippen LogP) is 5.54. The molecule has 2 aromatic carbocycles. The number of nitrogens with one attached hydrogen (secondary N) is 1. The van der Waals surface area contributed by atoms with Crippen LogP contribution in [0.4, 0.5) is 30.7 Å². The van der Waals surface area contributed by atoms with Crippen molar-refractivity contribution in [2.24, 2.45) is 7.05 Å². The first kappa shape index (κ1) is 30.8. The number of piperidine rings is 1. The minimum absolute atomic E-state index is 0.0266. The van der Waals surface area contributed by atoms with Crippen molar-refractivity contribution in [2.45, 2.75) is 68.4 Å². The van der Waals surface area contributed by atoms with Gasteiger partial charge in [-0.1, -0.05) is 17.3 Å². The zero-order chi connectivity index (χ0) is 31.2. The molecule has 0 radical (unpaired) electrons. The van der Waals surface area contributed by atoms with Crippen LogP contribution in [-0.2, 0) is 36.2 Å². The van der Waals surface area contributed by atoms with Gasteiger partial charge in [0.2, 0.25) is 5.91 Å². The van der Waals surface area contributed by atoms with Gasteiger partial charge in [0.15, 0.2) is 5.82 Å². The van der Waals surface area contributed by atoms with Gasteiger partial charge in [-0.3, -0.25) is 13.9 Å². The number of halogens is 7. The largest absolute Gasteiger partial charge is 0.441 e. The highest BCUT2D eigenvalue weighted by molar-refractivity contribution is 5.87. The van der Waals surface area contributed by atoms with Crippen molar-refractivity contribution in [2.75, 3.05) is 13.1 Å². The molecule has 0 bridgehead atoms. The van der Waals surface area contributed by atoms with Crippen LogP contribution in [0, 0.1) is 5.82 Å². The van der Waals surface area contributed by atoms with E-state index in [1.165, 1.54) is 19.2 Å². The van der Waals surface area contributed by atoms with Crippen LogP contribution in [0.5, 0.6) is 0 Å². The number of nitrogens with zero attached hydrogens (tertiary/aromatic N) is 3. The summed E-state index contributed by atoms with van der Waals surface area (Å²) in [5.74, 6) is -1.50. The topological polar surface area (TPSA) is 80.4 Å². The molecule has 5 rings (SSSR count). The van der Waals surface area contributed by atoms with E-state index in [1.54, 1.807) is 12.1 Å². The van der Waals surface area contributed by atoms with Crippen LogP contribution < -0.4 is 11.1 Å². The van der Waals surface area contributed by atoms with E-state index < -0.39 is 47.1 Å². The number of likely N-dealkylation sites (tertiary alicyclic amines) is 1. The fraction of sp³-hybridized carbons (Fsp3) is 0.483. The van der Waals surface area contributed by atoms with Crippen LogP contribution in [-0.4, -0.2) is 39.7 Å². The number of aromatic nitrogens is 2. The Morgan fingerprint density at radius 1 is 1.00 bits per heavy atom. The molecule has 1 N–H and O–H groups in total. The molecule has 43 heavy (non-hydrogen) atoms. The Balaban J connectivity index is 1.35. The molecule has 2 aliphatic rings. The van der Waals surface area contributed by atoms with Gasteiger partial charge in [-0.2, -0.15) is 26.3 Å². The van der Waals surface area contributed by atoms with Gasteiger partial charge in [0.1, 0.15) is 11.2 Å². The summed E-state index contributed by atoms with van der Waals surface area (Å²) in [7, 11) is 1.38. The predicted molar refractivity (Wildman–Crippen MR) is 139 cm³/mol. The van der Waals surface area contributed by atoms with Crippen molar-refractivity contribution in [3.63, 3.8) is 0 Å². The van der Waals surface area contributed by atoms with Crippen molar-refractivity contribution in [3.8, 4) is 0 Å². The maximum Gasteiger partial charge on any atom is 0.441 e. The lowest BCUT2D eigenvalue weighted by Crippen LogP contribution is -2.47. The third-order valence-corrected chi connectivity index (χ3v) is 8.64. The molecule has 2 heterocycles. The van der Waals surface area contributed by atoms with Crippen molar-refractivity contribution in [1.82, 2.24) is 19.9 Å². The molecule has 3 aromatic rings. The zero-order valence-corrected chi connectivity index (χ0v) is 23.1. The summed E-state index contributed by atoms with van der Waals surface area (Å²) in [6.07, 6.45) is -7.45. The fourth-order valence-electron chi connectivity index (χ4n) is 6.35. The van der Waals surface area contributed by atoms with E-state index in [0.717, 1.165) is 23.0 Å². The molecule has 232 valence electrons. The van der Waals surface area contributed by atoms with Crippen molar-refractivity contribution in [3.05, 3.63) is 86.9 Å². The number of hydrogen-bond acceptors (Lipinski definition) is 5. The second-order valence-electron chi connectivity index (χ2n) is 11.3. The van der Waals surface area contributed by atoms with Crippen molar-refractivity contribution >= 4 is 5.91 Å². The first-order valence-electron chi connectivity index (χ1n) is 13.8. The lowest BCUT2D eigenvalue weighted by Gasteiger charge is -2.37. The van der Waals surface area contributed by atoms with Crippen LogP contribution >= 0.6 is 0 Å². The summed E-state index contributed by atoms with van der Waals surface area (Å²) >= 11 is 0. The minimum atomic E-state index is -5.02. The van der Waals surface area contributed by atoms with E-state index in [9.17, 15) is 40.3 Å². The van der Waals surface area contributed by atoms with E-state index in [2.05, 4.69) is 15.4 Å². The molecule has 1 amide bonds. The Bertz CT molecular complexity index is 1490. The number of amides is 1.